The SMILES string of the molecule is N#Cc1cn(C(=O)c2ccc(Cl)cc2)c2ccccc12. The van der Waals surface area contributed by atoms with Crippen molar-refractivity contribution in [3.05, 3.63) is 70.9 Å². The largest absolute Gasteiger partial charge is 0.282 e. The van der Waals surface area contributed by atoms with E-state index in [1.165, 1.54) is 4.57 Å². The van der Waals surface area contributed by atoms with Crippen LogP contribution >= 0.6 is 11.6 Å². The number of para-hydroxylation sites is 1. The molecule has 0 amide bonds. The summed E-state index contributed by atoms with van der Waals surface area (Å²) in [5, 5.41) is 10.5. The molecule has 0 spiro atoms. The zero-order chi connectivity index (χ0) is 14.1. The van der Waals surface area contributed by atoms with Gasteiger partial charge in [-0.2, -0.15) is 5.26 Å². The third-order valence-electron chi connectivity index (χ3n) is 3.14. The summed E-state index contributed by atoms with van der Waals surface area (Å²) in [6, 6.07) is 16.1. The fourth-order valence-corrected chi connectivity index (χ4v) is 2.29. The molecule has 0 aliphatic rings. The van der Waals surface area contributed by atoms with Gasteiger partial charge in [-0.15, -0.1) is 0 Å². The van der Waals surface area contributed by atoms with Crippen LogP contribution in [-0.2, 0) is 0 Å². The third-order valence-corrected chi connectivity index (χ3v) is 3.39. The summed E-state index contributed by atoms with van der Waals surface area (Å²) in [6.07, 6.45) is 1.57. The first-order valence-corrected chi connectivity index (χ1v) is 6.39. The number of halogens is 1. The molecule has 0 radical (unpaired) electrons. The van der Waals surface area contributed by atoms with Crippen molar-refractivity contribution in [3.63, 3.8) is 0 Å². The number of rotatable bonds is 1. The molecule has 0 unspecified atom stereocenters. The van der Waals surface area contributed by atoms with E-state index < -0.39 is 0 Å². The smallest absolute Gasteiger partial charge is 0.262 e. The van der Waals surface area contributed by atoms with E-state index in [-0.39, 0.29) is 5.91 Å². The van der Waals surface area contributed by atoms with Crippen LogP contribution in [0.3, 0.4) is 0 Å². The first-order chi connectivity index (χ1) is 9.70. The van der Waals surface area contributed by atoms with E-state index in [0.717, 1.165) is 10.9 Å². The van der Waals surface area contributed by atoms with E-state index in [4.69, 9.17) is 16.9 Å². The van der Waals surface area contributed by atoms with Gasteiger partial charge < -0.3 is 0 Å². The Labute approximate surface area is 120 Å². The van der Waals surface area contributed by atoms with Crippen molar-refractivity contribution >= 4 is 28.4 Å². The van der Waals surface area contributed by atoms with Crippen LogP contribution in [0.25, 0.3) is 10.9 Å². The number of hydrogen-bond acceptors (Lipinski definition) is 2. The molecule has 0 aliphatic heterocycles. The summed E-state index contributed by atoms with van der Waals surface area (Å²) in [5.41, 5.74) is 1.74. The third kappa shape index (κ3) is 1.97. The number of nitriles is 1. The topological polar surface area (TPSA) is 45.8 Å². The Hall–Kier alpha value is -2.57. The Morgan fingerprint density at radius 1 is 1.10 bits per heavy atom. The van der Waals surface area contributed by atoms with Crippen LogP contribution in [0.5, 0.6) is 0 Å². The van der Waals surface area contributed by atoms with E-state index in [9.17, 15) is 4.79 Å². The Morgan fingerprint density at radius 2 is 1.80 bits per heavy atom. The van der Waals surface area contributed by atoms with Crippen LogP contribution in [-0.4, -0.2) is 10.5 Å². The maximum absolute atomic E-state index is 12.5. The minimum absolute atomic E-state index is 0.181. The highest BCUT2D eigenvalue weighted by Gasteiger charge is 2.14. The Bertz CT molecular complexity index is 841. The van der Waals surface area contributed by atoms with Gasteiger partial charge in [0.05, 0.1) is 11.1 Å². The second-order valence-corrected chi connectivity index (χ2v) is 4.79. The average molecular weight is 281 g/mol. The number of carbonyl (C=O) groups excluding carboxylic acids is 1. The predicted molar refractivity (Wildman–Crippen MR) is 77.8 cm³/mol. The number of hydrogen-bond donors (Lipinski definition) is 0. The lowest BCUT2D eigenvalue weighted by molar-refractivity contribution is 0.0965. The number of carbonyl (C=O) groups is 1. The summed E-state index contributed by atoms with van der Waals surface area (Å²) in [5.74, 6) is -0.181. The van der Waals surface area contributed by atoms with Crippen LogP contribution in [0, 0.1) is 11.3 Å². The van der Waals surface area contributed by atoms with E-state index in [1.54, 1.807) is 30.5 Å². The van der Waals surface area contributed by atoms with E-state index in [1.807, 2.05) is 24.3 Å². The molecule has 0 saturated heterocycles. The quantitative estimate of drug-likeness (QED) is 0.679. The van der Waals surface area contributed by atoms with Gasteiger partial charge in [0.1, 0.15) is 6.07 Å². The van der Waals surface area contributed by atoms with Crippen LogP contribution in [0.2, 0.25) is 5.02 Å². The molecule has 0 fully saturated rings. The normalized spacial score (nSPS) is 10.4. The molecule has 1 aromatic heterocycles. The standard InChI is InChI=1S/C16H9ClN2O/c17-13-7-5-11(6-8-13)16(20)19-10-12(9-18)14-3-1-2-4-15(14)19/h1-8,10H. The van der Waals surface area contributed by atoms with Gasteiger partial charge in [0, 0.05) is 22.2 Å². The van der Waals surface area contributed by atoms with Crippen molar-refractivity contribution in [1.29, 1.82) is 5.26 Å². The number of fused-ring (bicyclic) bond motifs is 1. The van der Waals surface area contributed by atoms with Crippen molar-refractivity contribution in [3.8, 4) is 6.07 Å². The molecule has 0 N–H and O–H groups in total. The lowest BCUT2D eigenvalue weighted by atomic mass is 10.2. The van der Waals surface area contributed by atoms with Gasteiger partial charge in [-0.3, -0.25) is 9.36 Å². The van der Waals surface area contributed by atoms with Crippen molar-refractivity contribution in [2.75, 3.05) is 0 Å². The highest BCUT2D eigenvalue weighted by molar-refractivity contribution is 6.30. The fraction of sp³-hybridized carbons (Fsp3) is 0. The summed E-state index contributed by atoms with van der Waals surface area (Å²) in [6.45, 7) is 0. The second kappa shape index (κ2) is 4.84. The highest BCUT2D eigenvalue weighted by atomic mass is 35.5. The van der Waals surface area contributed by atoms with Crippen LogP contribution < -0.4 is 0 Å². The maximum atomic E-state index is 12.5. The molecule has 96 valence electrons. The zero-order valence-corrected chi connectivity index (χ0v) is 11.1. The monoisotopic (exact) mass is 280 g/mol. The zero-order valence-electron chi connectivity index (χ0n) is 10.4. The molecule has 20 heavy (non-hydrogen) atoms. The minimum Gasteiger partial charge on any atom is -0.282 e. The van der Waals surface area contributed by atoms with Gasteiger partial charge in [-0.05, 0) is 30.3 Å². The van der Waals surface area contributed by atoms with E-state index >= 15 is 0 Å². The van der Waals surface area contributed by atoms with Gasteiger partial charge >= 0.3 is 0 Å². The number of nitrogens with zero attached hydrogens (tertiary/aromatic N) is 2. The van der Waals surface area contributed by atoms with Crippen molar-refractivity contribution in [2.24, 2.45) is 0 Å². The molecule has 4 heteroatoms. The van der Waals surface area contributed by atoms with E-state index in [2.05, 4.69) is 6.07 Å². The molecular formula is C16H9ClN2O. The molecule has 3 nitrogen and oxygen atoms in total. The van der Waals surface area contributed by atoms with Gasteiger partial charge in [0.25, 0.3) is 5.91 Å². The van der Waals surface area contributed by atoms with Crippen LogP contribution in [0.4, 0.5) is 0 Å². The summed E-state index contributed by atoms with van der Waals surface area (Å²) in [4.78, 5) is 12.5. The van der Waals surface area contributed by atoms with Gasteiger partial charge in [-0.25, -0.2) is 0 Å². The fourth-order valence-electron chi connectivity index (χ4n) is 2.17. The molecule has 0 aliphatic carbocycles. The molecule has 3 aromatic rings. The van der Waals surface area contributed by atoms with Crippen molar-refractivity contribution < 1.29 is 4.79 Å². The average Bonchev–Trinajstić information content (AvgIpc) is 2.86. The summed E-state index contributed by atoms with van der Waals surface area (Å²) >= 11 is 5.82. The summed E-state index contributed by atoms with van der Waals surface area (Å²) < 4.78 is 1.50. The molecule has 1 heterocycles. The number of aromatic nitrogens is 1. The van der Waals surface area contributed by atoms with Crippen molar-refractivity contribution in [2.45, 2.75) is 0 Å². The Kier molecular flexibility index (Phi) is 3.02. The van der Waals surface area contributed by atoms with Gasteiger partial charge in [0.15, 0.2) is 0 Å². The Balaban J connectivity index is 2.17. The second-order valence-electron chi connectivity index (χ2n) is 4.35. The highest BCUT2D eigenvalue weighted by Crippen LogP contribution is 2.22. The lowest BCUT2D eigenvalue weighted by Crippen LogP contribution is -2.10. The van der Waals surface area contributed by atoms with Gasteiger partial charge in [-0.1, -0.05) is 29.8 Å². The van der Waals surface area contributed by atoms with Crippen LogP contribution in [0.1, 0.15) is 15.9 Å². The molecule has 0 saturated carbocycles. The first kappa shape index (κ1) is 12.5. The minimum atomic E-state index is -0.181. The predicted octanol–water partition coefficient (Wildman–Crippen LogP) is 3.85. The molecule has 2 aromatic carbocycles. The van der Waals surface area contributed by atoms with Gasteiger partial charge in [0.2, 0.25) is 0 Å². The Morgan fingerprint density at radius 3 is 2.50 bits per heavy atom. The molecular weight excluding hydrogens is 272 g/mol. The molecule has 3 rings (SSSR count). The first-order valence-electron chi connectivity index (χ1n) is 6.01. The molecule has 0 bridgehead atoms. The maximum Gasteiger partial charge on any atom is 0.262 e. The summed E-state index contributed by atoms with van der Waals surface area (Å²) in [7, 11) is 0. The molecule has 0 atom stereocenters. The number of benzene rings is 2. The van der Waals surface area contributed by atoms with Crippen molar-refractivity contribution in [1.82, 2.24) is 4.57 Å². The van der Waals surface area contributed by atoms with Crippen LogP contribution in [0.15, 0.2) is 54.7 Å². The lowest BCUT2D eigenvalue weighted by Gasteiger charge is -2.04. The van der Waals surface area contributed by atoms with E-state index in [0.29, 0.717) is 16.1 Å².